The zero-order valence-corrected chi connectivity index (χ0v) is 20.9. The fourth-order valence-corrected chi connectivity index (χ4v) is 5.47. The zero-order valence-electron chi connectivity index (χ0n) is 18.5. The number of halogens is 1. The van der Waals surface area contributed by atoms with Crippen molar-refractivity contribution >= 4 is 60.7 Å². The minimum atomic E-state index is -3.81. The lowest BCUT2D eigenvalue weighted by Gasteiger charge is -2.08. The number of esters is 1. The standard InChI is InChI=1S/C24H20ClN3O5S2/c1-2-33-22(29)15-28-20-5-3-4-6-21(20)34-24(28)26-23(30)16-7-11-18(12-8-16)27-35(31,32)19-13-9-17(25)10-14-19/h3-14,27H,2,15H2,1H3. The van der Waals surface area contributed by atoms with E-state index in [1.807, 2.05) is 24.3 Å². The van der Waals surface area contributed by atoms with Crippen molar-refractivity contribution in [3.05, 3.63) is 88.2 Å². The molecular formula is C24H20ClN3O5S2. The highest BCUT2D eigenvalue weighted by molar-refractivity contribution is 7.92. The first-order valence-corrected chi connectivity index (χ1v) is 13.2. The number of amides is 1. The van der Waals surface area contributed by atoms with Gasteiger partial charge in [-0.15, -0.1) is 0 Å². The SMILES string of the molecule is CCOC(=O)Cn1c(=NC(=O)c2ccc(NS(=O)(=O)c3ccc(Cl)cc3)cc2)sc2ccccc21. The molecule has 0 aliphatic carbocycles. The summed E-state index contributed by atoms with van der Waals surface area (Å²) < 4.78 is 35.1. The van der Waals surface area contributed by atoms with E-state index in [4.69, 9.17) is 16.3 Å². The number of ether oxygens (including phenoxy) is 1. The van der Waals surface area contributed by atoms with Crippen LogP contribution in [0.4, 0.5) is 5.69 Å². The first-order valence-electron chi connectivity index (χ1n) is 10.5. The van der Waals surface area contributed by atoms with Crippen LogP contribution in [-0.2, 0) is 26.1 Å². The van der Waals surface area contributed by atoms with Gasteiger partial charge < -0.3 is 9.30 Å². The molecule has 0 radical (unpaired) electrons. The molecule has 0 unspecified atom stereocenters. The topological polar surface area (TPSA) is 107 Å². The minimum absolute atomic E-state index is 0.0629. The van der Waals surface area contributed by atoms with E-state index < -0.39 is 21.9 Å². The zero-order chi connectivity index (χ0) is 25.0. The van der Waals surface area contributed by atoms with Gasteiger partial charge in [0.05, 0.1) is 21.7 Å². The van der Waals surface area contributed by atoms with Crippen molar-refractivity contribution in [3.63, 3.8) is 0 Å². The van der Waals surface area contributed by atoms with Crippen LogP contribution in [0.2, 0.25) is 5.02 Å². The second kappa shape index (κ2) is 10.4. The van der Waals surface area contributed by atoms with Crippen LogP contribution in [0.3, 0.4) is 0 Å². The molecule has 0 spiro atoms. The van der Waals surface area contributed by atoms with Crippen LogP contribution in [0.15, 0.2) is 82.7 Å². The van der Waals surface area contributed by atoms with Gasteiger partial charge in [-0.05, 0) is 67.6 Å². The Bertz CT molecular complexity index is 1560. The summed E-state index contributed by atoms with van der Waals surface area (Å²) in [6.07, 6.45) is 0. The molecule has 0 bridgehead atoms. The maximum Gasteiger partial charge on any atom is 0.326 e. The number of nitrogens with one attached hydrogen (secondary N) is 1. The number of rotatable bonds is 7. The number of aromatic nitrogens is 1. The first-order chi connectivity index (χ1) is 16.8. The summed E-state index contributed by atoms with van der Waals surface area (Å²) in [7, 11) is -3.81. The Kier molecular flexibility index (Phi) is 7.34. The molecule has 1 N–H and O–H groups in total. The van der Waals surface area contributed by atoms with E-state index in [2.05, 4.69) is 9.71 Å². The Balaban J connectivity index is 1.59. The number of para-hydroxylation sites is 1. The van der Waals surface area contributed by atoms with Gasteiger partial charge in [0.1, 0.15) is 6.54 Å². The van der Waals surface area contributed by atoms with Crippen LogP contribution >= 0.6 is 22.9 Å². The number of benzene rings is 3. The third-order valence-corrected chi connectivity index (χ3v) is 7.59. The maximum absolute atomic E-state index is 12.9. The van der Waals surface area contributed by atoms with Crippen LogP contribution in [0.1, 0.15) is 17.3 Å². The summed E-state index contributed by atoms with van der Waals surface area (Å²) in [5.74, 6) is -0.955. The van der Waals surface area contributed by atoms with E-state index in [-0.39, 0.29) is 29.3 Å². The Morgan fingerprint density at radius 1 is 1.03 bits per heavy atom. The van der Waals surface area contributed by atoms with E-state index >= 15 is 0 Å². The molecular weight excluding hydrogens is 510 g/mol. The monoisotopic (exact) mass is 529 g/mol. The molecule has 0 aliphatic rings. The fraction of sp³-hybridized carbons (Fsp3) is 0.125. The number of carbonyl (C=O) groups is 2. The van der Waals surface area contributed by atoms with Crippen molar-refractivity contribution in [1.29, 1.82) is 0 Å². The van der Waals surface area contributed by atoms with Crippen LogP contribution in [0.5, 0.6) is 0 Å². The summed E-state index contributed by atoms with van der Waals surface area (Å²) in [5.41, 5.74) is 1.32. The highest BCUT2D eigenvalue weighted by Crippen LogP contribution is 2.20. The van der Waals surface area contributed by atoms with Crippen molar-refractivity contribution in [2.75, 3.05) is 11.3 Å². The molecule has 180 valence electrons. The van der Waals surface area contributed by atoms with Crippen LogP contribution < -0.4 is 9.52 Å². The lowest BCUT2D eigenvalue weighted by Crippen LogP contribution is -2.23. The van der Waals surface area contributed by atoms with Crippen molar-refractivity contribution in [1.82, 2.24) is 4.57 Å². The third kappa shape index (κ3) is 5.79. The van der Waals surface area contributed by atoms with E-state index in [0.717, 1.165) is 10.2 Å². The molecule has 0 atom stereocenters. The average molecular weight is 530 g/mol. The average Bonchev–Trinajstić information content (AvgIpc) is 3.16. The Morgan fingerprint density at radius 2 is 1.71 bits per heavy atom. The molecule has 1 amide bonds. The molecule has 1 heterocycles. The van der Waals surface area contributed by atoms with Gasteiger partial charge in [0.25, 0.3) is 15.9 Å². The smallest absolute Gasteiger partial charge is 0.326 e. The summed E-state index contributed by atoms with van der Waals surface area (Å²) in [6.45, 7) is 1.90. The van der Waals surface area contributed by atoms with E-state index in [0.29, 0.717) is 9.82 Å². The van der Waals surface area contributed by atoms with Gasteiger partial charge in [-0.3, -0.25) is 14.3 Å². The number of nitrogens with zero attached hydrogens (tertiary/aromatic N) is 2. The quantitative estimate of drug-likeness (QED) is 0.356. The summed E-state index contributed by atoms with van der Waals surface area (Å²) in [5, 5.41) is 0.428. The Hall–Kier alpha value is -3.47. The number of anilines is 1. The molecule has 8 nitrogen and oxygen atoms in total. The predicted molar refractivity (Wildman–Crippen MR) is 135 cm³/mol. The van der Waals surface area contributed by atoms with Crippen molar-refractivity contribution < 1.29 is 22.7 Å². The van der Waals surface area contributed by atoms with Gasteiger partial charge in [0, 0.05) is 16.3 Å². The molecule has 3 aromatic carbocycles. The molecule has 4 rings (SSSR count). The van der Waals surface area contributed by atoms with E-state index in [1.165, 1.54) is 59.9 Å². The summed E-state index contributed by atoms with van der Waals surface area (Å²) in [4.78, 5) is 29.6. The normalized spacial score (nSPS) is 12.0. The largest absolute Gasteiger partial charge is 0.465 e. The van der Waals surface area contributed by atoms with Crippen LogP contribution in [0, 0.1) is 0 Å². The van der Waals surface area contributed by atoms with Crippen LogP contribution in [0.25, 0.3) is 10.2 Å². The van der Waals surface area contributed by atoms with Crippen LogP contribution in [-0.4, -0.2) is 31.5 Å². The van der Waals surface area contributed by atoms with Crippen molar-refractivity contribution in [3.8, 4) is 0 Å². The fourth-order valence-electron chi connectivity index (χ4n) is 3.25. The minimum Gasteiger partial charge on any atom is -0.465 e. The lowest BCUT2D eigenvalue weighted by molar-refractivity contribution is -0.143. The number of thiazole rings is 1. The molecule has 1 aromatic heterocycles. The number of carbonyl (C=O) groups excluding carboxylic acids is 2. The van der Waals surface area contributed by atoms with Crippen molar-refractivity contribution in [2.24, 2.45) is 4.99 Å². The van der Waals surface area contributed by atoms with Gasteiger partial charge in [-0.25, -0.2) is 8.42 Å². The molecule has 0 saturated carbocycles. The van der Waals surface area contributed by atoms with Crippen molar-refractivity contribution in [2.45, 2.75) is 18.4 Å². The molecule has 0 aliphatic heterocycles. The molecule has 0 fully saturated rings. The molecule has 4 aromatic rings. The maximum atomic E-state index is 12.9. The number of hydrogen-bond acceptors (Lipinski definition) is 6. The van der Waals surface area contributed by atoms with Gasteiger partial charge in [0.15, 0.2) is 4.80 Å². The second-order valence-electron chi connectivity index (χ2n) is 7.30. The molecule has 11 heteroatoms. The number of hydrogen-bond donors (Lipinski definition) is 1. The highest BCUT2D eigenvalue weighted by Gasteiger charge is 2.15. The summed E-state index contributed by atoms with van der Waals surface area (Å²) >= 11 is 7.10. The molecule has 0 saturated heterocycles. The van der Waals surface area contributed by atoms with Gasteiger partial charge in [-0.2, -0.15) is 4.99 Å². The van der Waals surface area contributed by atoms with Gasteiger partial charge >= 0.3 is 5.97 Å². The lowest BCUT2D eigenvalue weighted by atomic mass is 10.2. The first kappa shape index (κ1) is 24.6. The Morgan fingerprint density at radius 3 is 2.40 bits per heavy atom. The van der Waals surface area contributed by atoms with E-state index in [1.54, 1.807) is 11.5 Å². The van der Waals surface area contributed by atoms with Gasteiger partial charge in [0.2, 0.25) is 0 Å². The van der Waals surface area contributed by atoms with Gasteiger partial charge in [-0.1, -0.05) is 35.1 Å². The second-order valence-corrected chi connectivity index (χ2v) is 10.4. The number of fused-ring (bicyclic) bond motifs is 1. The third-order valence-electron chi connectivity index (χ3n) is 4.89. The predicted octanol–water partition coefficient (Wildman–Crippen LogP) is 4.46. The highest BCUT2D eigenvalue weighted by atomic mass is 35.5. The number of sulfonamides is 1. The molecule has 35 heavy (non-hydrogen) atoms. The summed E-state index contributed by atoms with van der Waals surface area (Å²) in [6, 6.07) is 19.1. The van der Waals surface area contributed by atoms with E-state index in [9.17, 15) is 18.0 Å². The Labute approximate surface area is 210 Å².